The highest BCUT2D eigenvalue weighted by Gasteiger charge is 2.13. The molecule has 0 saturated carbocycles. The molecule has 0 radical (unpaired) electrons. The number of amides is 1. The highest BCUT2D eigenvalue weighted by molar-refractivity contribution is 7.13. The first-order chi connectivity index (χ1) is 12.3. The van der Waals surface area contributed by atoms with Gasteiger partial charge in [-0.2, -0.15) is 0 Å². The van der Waals surface area contributed by atoms with Crippen molar-refractivity contribution >= 4 is 17.2 Å². The SMILES string of the molecule is O=C(NCc1ccc(-n2ccnc2)nc1)c1csc(-c2ccco2)n1. The number of nitrogens with zero attached hydrogens (tertiary/aromatic N) is 4. The van der Waals surface area contributed by atoms with E-state index >= 15 is 0 Å². The van der Waals surface area contributed by atoms with Crippen LogP contribution in [0.1, 0.15) is 16.1 Å². The summed E-state index contributed by atoms with van der Waals surface area (Å²) in [4.78, 5) is 24.9. The van der Waals surface area contributed by atoms with Gasteiger partial charge in [0.05, 0.1) is 6.26 Å². The van der Waals surface area contributed by atoms with Crippen LogP contribution in [0.15, 0.2) is 65.2 Å². The summed E-state index contributed by atoms with van der Waals surface area (Å²) in [7, 11) is 0. The maximum Gasteiger partial charge on any atom is 0.271 e. The molecule has 4 rings (SSSR count). The minimum atomic E-state index is -0.229. The molecule has 0 fully saturated rings. The van der Waals surface area contributed by atoms with Crippen LogP contribution in [0.2, 0.25) is 0 Å². The fourth-order valence-corrected chi connectivity index (χ4v) is 3.00. The second-order valence-corrected chi connectivity index (χ2v) is 6.05. The average molecular weight is 351 g/mol. The molecule has 0 spiro atoms. The molecule has 8 heteroatoms. The third-order valence-electron chi connectivity index (χ3n) is 3.50. The van der Waals surface area contributed by atoms with Gasteiger partial charge >= 0.3 is 0 Å². The number of furan rings is 1. The summed E-state index contributed by atoms with van der Waals surface area (Å²) in [6, 6.07) is 7.39. The van der Waals surface area contributed by atoms with E-state index in [2.05, 4.69) is 20.3 Å². The van der Waals surface area contributed by atoms with E-state index in [9.17, 15) is 4.79 Å². The van der Waals surface area contributed by atoms with Crippen molar-refractivity contribution in [2.45, 2.75) is 6.54 Å². The fraction of sp³-hybridized carbons (Fsp3) is 0.0588. The molecule has 7 nitrogen and oxygen atoms in total. The van der Waals surface area contributed by atoms with Gasteiger partial charge in [-0.3, -0.25) is 9.36 Å². The van der Waals surface area contributed by atoms with E-state index in [4.69, 9.17) is 4.42 Å². The third kappa shape index (κ3) is 3.33. The summed E-state index contributed by atoms with van der Waals surface area (Å²) in [6.45, 7) is 0.379. The molecule has 4 aromatic heterocycles. The first kappa shape index (κ1) is 15.3. The lowest BCUT2D eigenvalue weighted by Gasteiger charge is -2.05. The molecule has 1 N–H and O–H groups in total. The van der Waals surface area contributed by atoms with Crippen molar-refractivity contribution in [1.82, 2.24) is 24.8 Å². The van der Waals surface area contributed by atoms with E-state index in [1.54, 1.807) is 36.4 Å². The second-order valence-electron chi connectivity index (χ2n) is 5.19. The number of hydrogen-bond donors (Lipinski definition) is 1. The van der Waals surface area contributed by atoms with Crippen LogP contribution in [-0.2, 0) is 6.54 Å². The average Bonchev–Trinajstić information content (AvgIpc) is 3.42. The molecular formula is C17H13N5O2S. The summed E-state index contributed by atoms with van der Waals surface area (Å²) >= 11 is 1.37. The molecule has 0 saturated heterocycles. The Balaban J connectivity index is 1.39. The van der Waals surface area contributed by atoms with Crippen LogP contribution < -0.4 is 5.32 Å². The van der Waals surface area contributed by atoms with Gasteiger partial charge in [0.25, 0.3) is 5.91 Å². The minimum absolute atomic E-state index is 0.229. The van der Waals surface area contributed by atoms with Crippen LogP contribution >= 0.6 is 11.3 Å². The number of aromatic nitrogens is 4. The maximum atomic E-state index is 12.2. The highest BCUT2D eigenvalue weighted by atomic mass is 32.1. The molecule has 1 amide bonds. The van der Waals surface area contributed by atoms with Gasteiger partial charge in [-0.25, -0.2) is 15.0 Å². The Morgan fingerprint density at radius 2 is 2.28 bits per heavy atom. The molecule has 25 heavy (non-hydrogen) atoms. The van der Waals surface area contributed by atoms with E-state index in [-0.39, 0.29) is 5.91 Å². The van der Waals surface area contributed by atoms with Gasteiger partial charge in [-0.1, -0.05) is 6.07 Å². The predicted octanol–water partition coefficient (Wildman–Crippen LogP) is 2.91. The van der Waals surface area contributed by atoms with Crippen molar-refractivity contribution in [2.75, 3.05) is 0 Å². The van der Waals surface area contributed by atoms with E-state index in [1.165, 1.54) is 11.3 Å². The van der Waals surface area contributed by atoms with Gasteiger partial charge in [0, 0.05) is 30.5 Å². The number of hydrogen-bond acceptors (Lipinski definition) is 6. The molecule has 0 aliphatic heterocycles. The lowest BCUT2D eigenvalue weighted by Crippen LogP contribution is -2.23. The largest absolute Gasteiger partial charge is 0.462 e. The topological polar surface area (TPSA) is 85.8 Å². The smallest absolute Gasteiger partial charge is 0.271 e. The highest BCUT2D eigenvalue weighted by Crippen LogP contribution is 2.23. The fourth-order valence-electron chi connectivity index (χ4n) is 2.23. The molecule has 0 unspecified atom stereocenters. The summed E-state index contributed by atoms with van der Waals surface area (Å²) in [6.07, 6.45) is 8.51. The normalized spacial score (nSPS) is 10.7. The van der Waals surface area contributed by atoms with Crippen LogP contribution in [0.3, 0.4) is 0 Å². The van der Waals surface area contributed by atoms with Crippen LogP contribution in [0.4, 0.5) is 0 Å². The number of nitrogens with one attached hydrogen (secondary N) is 1. The minimum Gasteiger partial charge on any atom is -0.462 e. The van der Waals surface area contributed by atoms with Gasteiger partial charge in [0.15, 0.2) is 10.8 Å². The molecular weight excluding hydrogens is 338 g/mol. The Bertz CT molecular complexity index is 959. The van der Waals surface area contributed by atoms with E-state index < -0.39 is 0 Å². The van der Waals surface area contributed by atoms with Gasteiger partial charge in [0.2, 0.25) is 0 Å². The third-order valence-corrected chi connectivity index (χ3v) is 4.36. The van der Waals surface area contributed by atoms with Crippen molar-refractivity contribution in [3.05, 3.63) is 72.1 Å². The molecule has 124 valence electrons. The van der Waals surface area contributed by atoms with Gasteiger partial charge in [0.1, 0.15) is 17.8 Å². The van der Waals surface area contributed by atoms with Crippen molar-refractivity contribution in [2.24, 2.45) is 0 Å². The molecule has 0 bridgehead atoms. The van der Waals surface area contributed by atoms with Crippen molar-refractivity contribution < 1.29 is 9.21 Å². The van der Waals surface area contributed by atoms with Gasteiger partial charge < -0.3 is 9.73 Å². The van der Waals surface area contributed by atoms with E-state index in [0.29, 0.717) is 23.0 Å². The Morgan fingerprint density at radius 1 is 1.32 bits per heavy atom. The number of carbonyl (C=O) groups excluding carboxylic acids is 1. The lowest BCUT2D eigenvalue weighted by molar-refractivity contribution is 0.0946. The summed E-state index contributed by atoms with van der Waals surface area (Å²) in [5.74, 6) is 1.20. The predicted molar refractivity (Wildman–Crippen MR) is 92.3 cm³/mol. The van der Waals surface area contributed by atoms with Crippen molar-refractivity contribution in [3.63, 3.8) is 0 Å². The quantitative estimate of drug-likeness (QED) is 0.597. The summed E-state index contributed by atoms with van der Waals surface area (Å²) in [5.41, 5.74) is 1.28. The zero-order valence-corrected chi connectivity index (χ0v) is 13.8. The Labute approximate surface area is 147 Å². The number of imidazole rings is 1. The molecule has 4 heterocycles. The van der Waals surface area contributed by atoms with Crippen LogP contribution in [0, 0.1) is 0 Å². The summed E-state index contributed by atoms with van der Waals surface area (Å²) in [5, 5.41) is 5.24. The number of rotatable bonds is 5. The van der Waals surface area contributed by atoms with Crippen molar-refractivity contribution in [3.8, 4) is 16.6 Å². The molecule has 0 aliphatic carbocycles. The molecule has 0 aliphatic rings. The standard InChI is InChI=1S/C17H13N5O2S/c23-16(13-10-25-17(21-13)14-2-1-7-24-14)20-9-12-3-4-15(19-8-12)22-6-5-18-11-22/h1-8,10-11H,9H2,(H,20,23). The van der Waals surface area contributed by atoms with Crippen LogP contribution in [0.5, 0.6) is 0 Å². The molecule has 0 atom stereocenters. The molecule has 0 aromatic carbocycles. The molecule has 4 aromatic rings. The van der Waals surface area contributed by atoms with Gasteiger partial charge in [-0.05, 0) is 23.8 Å². The first-order valence-corrected chi connectivity index (χ1v) is 8.38. The van der Waals surface area contributed by atoms with Gasteiger partial charge in [-0.15, -0.1) is 11.3 Å². The van der Waals surface area contributed by atoms with E-state index in [0.717, 1.165) is 11.4 Å². The number of carbonyl (C=O) groups is 1. The Morgan fingerprint density at radius 3 is 3.00 bits per heavy atom. The Hall–Kier alpha value is -3.26. The van der Waals surface area contributed by atoms with Crippen molar-refractivity contribution in [1.29, 1.82) is 0 Å². The zero-order chi connectivity index (χ0) is 17.1. The van der Waals surface area contributed by atoms with Crippen LogP contribution in [0.25, 0.3) is 16.6 Å². The number of thiazole rings is 1. The zero-order valence-electron chi connectivity index (χ0n) is 13.0. The van der Waals surface area contributed by atoms with E-state index in [1.807, 2.05) is 29.0 Å². The second kappa shape index (κ2) is 6.70. The Kier molecular flexibility index (Phi) is 4.09. The van der Waals surface area contributed by atoms with Crippen LogP contribution in [-0.4, -0.2) is 25.4 Å². The monoisotopic (exact) mass is 351 g/mol. The maximum absolute atomic E-state index is 12.2. The first-order valence-electron chi connectivity index (χ1n) is 7.50. The number of pyridine rings is 1. The lowest BCUT2D eigenvalue weighted by atomic mass is 10.2. The summed E-state index contributed by atoms with van der Waals surface area (Å²) < 4.78 is 7.10.